The normalized spacial score (nSPS) is 17.5. The average Bonchev–Trinajstić information content (AvgIpc) is 2.47. The molecule has 1 aliphatic carbocycles. The zero-order chi connectivity index (χ0) is 14.4. The lowest BCUT2D eigenvalue weighted by molar-refractivity contribution is -0.120. The summed E-state index contributed by atoms with van der Waals surface area (Å²) in [5.41, 5.74) is 7.01. The van der Waals surface area contributed by atoms with Gasteiger partial charge in [-0.15, -0.1) is 0 Å². The van der Waals surface area contributed by atoms with Crippen LogP contribution in [0.5, 0.6) is 5.75 Å². The largest absolute Gasteiger partial charge is 0.496 e. The van der Waals surface area contributed by atoms with E-state index in [1.54, 1.807) is 7.11 Å². The molecule has 1 aliphatic rings. The Balaban J connectivity index is 1.86. The molecular weight excluding hydrogens is 252 g/mol. The molecule has 0 saturated heterocycles. The van der Waals surface area contributed by atoms with E-state index >= 15 is 0 Å². The Morgan fingerprint density at radius 2 is 2.00 bits per heavy atom. The lowest BCUT2D eigenvalue weighted by atomic mass is 9.82. The third-order valence-electron chi connectivity index (χ3n) is 4.03. The maximum absolute atomic E-state index is 12.0. The zero-order valence-corrected chi connectivity index (χ0v) is 12.2. The number of benzene rings is 1. The van der Waals surface area contributed by atoms with E-state index in [-0.39, 0.29) is 11.4 Å². The van der Waals surface area contributed by atoms with Crippen LogP contribution < -0.4 is 15.8 Å². The molecule has 0 atom stereocenters. The zero-order valence-electron chi connectivity index (χ0n) is 12.2. The minimum absolute atomic E-state index is 0.00454. The maximum Gasteiger partial charge on any atom is 0.224 e. The summed E-state index contributed by atoms with van der Waals surface area (Å²) in [6, 6.07) is 7.60. The predicted octanol–water partition coefficient (Wildman–Crippen LogP) is 2.02. The minimum atomic E-state index is -0.214. The van der Waals surface area contributed by atoms with Gasteiger partial charge in [-0.1, -0.05) is 37.5 Å². The first-order chi connectivity index (χ1) is 9.63. The summed E-state index contributed by atoms with van der Waals surface area (Å²) in [5.74, 6) is 0.757. The Hall–Kier alpha value is -1.55. The number of carbonyl (C=O) groups excluding carboxylic acids is 1. The molecule has 1 saturated carbocycles. The number of ether oxygens (including phenoxy) is 1. The van der Waals surface area contributed by atoms with Crippen molar-refractivity contribution in [3.05, 3.63) is 29.8 Å². The number of hydrogen-bond acceptors (Lipinski definition) is 3. The van der Waals surface area contributed by atoms with Gasteiger partial charge in [0.1, 0.15) is 5.75 Å². The summed E-state index contributed by atoms with van der Waals surface area (Å²) in [7, 11) is 1.62. The average molecular weight is 276 g/mol. The Morgan fingerprint density at radius 3 is 2.70 bits per heavy atom. The van der Waals surface area contributed by atoms with Gasteiger partial charge in [-0.25, -0.2) is 0 Å². The molecule has 0 unspecified atom stereocenters. The van der Waals surface area contributed by atoms with Gasteiger partial charge in [0.15, 0.2) is 0 Å². The highest BCUT2D eigenvalue weighted by atomic mass is 16.5. The summed E-state index contributed by atoms with van der Waals surface area (Å²) in [6.07, 6.45) is 5.93. The lowest BCUT2D eigenvalue weighted by Gasteiger charge is -2.33. The number of hydrogen-bond donors (Lipinski definition) is 2. The van der Waals surface area contributed by atoms with E-state index in [0.29, 0.717) is 13.0 Å². The predicted molar refractivity (Wildman–Crippen MR) is 79.7 cm³/mol. The van der Waals surface area contributed by atoms with Gasteiger partial charge < -0.3 is 15.8 Å². The summed E-state index contributed by atoms with van der Waals surface area (Å²) in [4.78, 5) is 12.0. The number of carbonyl (C=O) groups is 1. The molecule has 1 aromatic carbocycles. The molecule has 0 heterocycles. The van der Waals surface area contributed by atoms with E-state index in [9.17, 15) is 4.79 Å². The van der Waals surface area contributed by atoms with Gasteiger partial charge in [0, 0.05) is 17.6 Å². The van der Waals surface area contributed by atoms with Crippen LogP contribution in [0.4, 0.5) is 0 Å². The number of rotatable bonds is 5. The highest BCUT2D eigenvalue weighted by molar-refractivity contribution is 5.79. The van der Waals surface area contributed by atoms with Crippen LogP contribution in [0, 0.1) is 0 Å². The highest BCUT2D eigenvalue weighted by Crippen LogP contribution is 2.25. The van der Waals surface area contributed by atoms with Crippen molar-refractivity contribution in [2.75, 3.05) is 13.7 Å². The number of amides is 1. The molecule has 0 radical (unpaired) electrons. The van der Waals surface area contributed by atoms with Crippen molar-refractivity contribution in [1.82, 2.24) is 5.32 Å². The third kappa shape index (κ3) is 3.97. The van der Waals surface area contributed by atoms with E-state index in [4.69, 9.17) is 10.5 Å². The second-order valence-corrected chi connectivity index (χ2v) is 5.69. The molecule has 1 amide bonds. The Kier molecular flexibility index (Phi) is 5.01. The molecule has 1 aromatic rings. The molecule has 0 aromatic heterocycles. The SMILES string of the molecule is COc1ccccc1CC(=O)NCC1(N)CCCCC1. The van der Waals surface area contributed by atoms with Crippen LogP contribution in [0.1, 0.15) is 37.7 Å². The van der Waals surface area contributed by atoms with Crippen LogP contribution in [0.15, 0.2) is 24.3 Å². The molecule has 0 aliphatic heterocycles. The van der Waals surface area contributed by atoms with Crippen molar-refractivity contribution in [2.45, 2.75) is 44.1 Å². The quantitative estimate of drug-likeness (QED) is 0.864. The van der Waals surface area contributed by atoms with Crippen molar-refractivity contribution in [3.63, 3.8) is 0 Å². The number of nitrogens with one attached hydrogen (secondary N) is 1. The first-order valence-electron chi connectivity index (χ1n) is 7.30. The molecule has 110 valence electrons. The minimum Gasteiger partial charge on any atom is -0.496 e. The number of methoxy groups -OCH3 is 1. The van der Waals surface area contributed by atoms with Gasteiger partial charge in [0.05, 0.1) is 13.5 Å². The van der Waals surface area contributed by atoms with Crippen LogP contribution in [-0.2, 0) is 11.2 Å². The Bertz CT molecular complexity index is 454. The van der Waals surface area contributed by atoms with Gasteiger partial charge in [0.2, 0.25) is 5.91 Å². The van der Waals surface area contributed by atoms with Crippen molar-refractivity contribution < 1.29 is 9.53 Å². The maximum atomic E-state index is 12.0. The lowest BCUT2D eigenvalue weighted by Crippen LogP contribution is -2.51. The molecule has 3 N–H and O–H groups in total. The molecule has 4 nitrogen and oxygen atoms in total. The Morgan fingerprint density at radius 1 is 1.30 bits per heavy atom. The van der Waals surface area contributed by atoms with E-state index in [2.05, 4.69) is 5.32 Å². The summed E-state index contributed by atoms with van der Waals surface area (Å²) >= 11 is 0. The third-order valence-corrected chi connectivity index (χ3v) is 4.03. The van der Waals surface area contributed by atoms with Gasteiger partial charge in [-0.3, -0.25) is 4.79 Å². The smallest absolute Gasteiger partial charge is 0.224 e. The summed E-state index contributed by atoms with van der Waals surface area (Å²) in [5, 5.41) is 2.97. The topological polar surface area (TPSA) is 64.3 Å². The van der Waals surface area contributed by atoms with E-state index in [0.717, 1.165) is 24.2 Å². The fourth-order valence-corrected chi connectivity index (χ4v) is 2.79. The van der Waals surface area contributed by atoms with Crippen LogP contribution in [-0.4, -0.2) is 25.1 Å². The van der Waals surface area contributed by atoms with Gasteiger partial charge in [-0.05, 0) is 18.9 Å². The van der Waals surface area contributed by atoms with Crippen LogP contribution in [0.3, 0.4) is 0 Å². The second kappa shape index (κ2) is 6.75. The fourth-order valence-electron chi connectivity index (χ4n) is 2.79. The number of para-hydroxylation sites is 1. The second-order valence-electron chi connectivity index (χ2n) is 5.69. The molecule has 0 spiro atoms. The van der Waals surface area contributed by atoms with E-state index in [1.807, 2.05) is 24.3 Å². The van der Waals surface area contributed by atoms with Crippen LogP contribution in [0.25, 0.3) is 0 Å². The van der Waals surface area contributed by atoms with Gasteiger partial charge in [0.25, 0.3) is 0 Å². The monoisotopic (exact) mass is 276 g/mol. The van der Waals surface area contributed by atoms with E-state index < -0.39 is 0 Å². The van der Waals surface area contributed by atoms with Crippen LogP contribution in [0.2, 0.25) is 0 Å². The van der Waals surface area contributed by atoms with Gasteiger partial charge in [-0.2, -0.15) is 0 Å². The van der Waals surface area contributed by atoms with E-state index in [1.165, 1.54) is 19.3 Å². The summed E-state index contributed by atoms with van der Waals surface area (Å²) < 4.78 is 5.26. The summed E-state index contributed by atoms with van der Waals surface area (Å²) in [6.45, 7) is 0.570. The van der Waals surface area contributed by atoms with Crippen LogP contribution >= 0.6 is 0 Å². The highest BCUT2D eigenvalue weighted by Gasteiger charge is 2.27. The molecule has 20 heavy (non-hydrogen) atoms. The van der Waals surface area contributed by atoms with Crippen molar-refractivity contribution >= 4 is 5.91 Å². The van der Waals surface area contributed by atoms with Crippen molar-refractivity contribution in [1.29, 1.82) is 0 Å². The molecular formula is C16H24N2O2. The molecule has 1 fully saturated rings. The number of nitrogens with two attached hydrogens (primary N) is 1. The standard InChI is InChI=1S/C16H24N2O2/c1-20-14-8-4-3-7-13(14)11-15(19)18-12-16(17)9-5-2-6-10-16/h3-4,7-8H,2,5-6,9-12,17H2,1H3,(H,18,19). The van der Waals surface area contributed by atoms with Gasteiger partial charge >= 0.3 is 0 Å². The van der Waals surface area contributed by atoms with Crippen molar-refractivity contribution in [3.8, 4) is 5.75 Å². The molecule has 0 bridgehead atoms. The first kappa shape index (κ1) is 14.9. The fraction of sp³-hybridized carbons (Fsp3) is 0.562. The Labute approximate surface area is 120 Å². The molecule has 2 rings (SSSR count). The molecule has 4 heteroatoms. The van der Waals surface area contributed by atoms with Crippen molar-refractivity contribution in [2.24, 2.45) is 5.73 Å². The first-order valence-corrected chi connectivity index (χ1v) is 7.30.